The Bertz CT molecular complexity index is 730. The Morgan fingerprint density at radius 2 is 2.26 bits per heavy atom. The van der Waals surface area contributed by atoms with E-state index < -0.39 is 0 Å². The van der Waals surface area contributed by atoms with Gasteiger partial charge in [0, 0.05) is 11.6 Å². The van der Waals surface area contributed by atoms with E-state index in [0.717, 1.165) is 27.5 Å². The molecule has 3 aromatic rings. The third kappa shape index (κ3) is 2.01. The molecule has 2 heterocycles. The van der Waals surface area contributed by atoms with Crippen LogP contribution in [0, 0.1) is 6.92 Å². The number of aromatic nitrogens is 2. The molecule has 0 saturated carbocycles. The van der Waals surface area contributed by atoms with Gasteiger partial charge in [0.1, 0.15) is 5.75 Å². The average molecular weight is 274 g/mol. The van der Waals surface area contributed by atoms with Crippen molar-refractivity contribution in [3.05, 3.63) is 41.0 Å². The third-order valence-corrected chi connectivity index (χ3v) is 3.95. The smallest absolute Gasteiger partial charge is 0.194 e. The van der Waals surface area contributed by atoms with Crippen LogP contribution in [-0.2, 0) is 6.61 Å². The number of hydrogen-bond acceptors (Lipinski definition) is 4. The van der Waals surface area contributed by atoms with Crippen molar-refractivity contribution in [1.29, 1.82) is 0 Å². The van der Waals surface area contributed by atoms with E-state index in [1.54, 1.807) is 18.4 Å². The fourth-order valence-corrected chi connectivity index (χ4v) is 3.05. The first-order valence-corrected chi connectivity index (χ1v) is 6.82. The number of rotatable bonds is 3. The summed E-state index contributed by atoms with van der Waals surface area (Å²) in [6.45, 7) is 1.99. The number of imidazole rings is 1. The van der Waals surface area contributed by atoms with Crippen LogP contribution in [0.5, 0.6) is 5.75 Å². The van der Waals surface area contributed by atoms with Gasteiger partial charge in [0.25, 0.3) is 0 Å². The topological polar surface area (TPSA) is 46.8 Å². The largest absolute Gasteiger partial charge is 0.496 e. The lowest BCUT2D eigenvalue weighted by molar-refractivity contribution is 0.277. The Labute approximate surface area is 114 Å². The number of aryl methyl sites for hydroxylation is 1. The first kappa shape index (κ1) is 12.2. The van der Waals surface area contributed by atoms with Gasteiger partial charge in [-0.05, 0) is 36.2 Å². The van der Waals surface area contributed by atoms with Crippen LogP contribution in [0.2, 0.25) is 0 Å². The monoisotopic (exact) mass is 274 g/mol. The molecule has 0 aliphatic carbocycles. The van der Waals surface area contributed by atoms with Crippen LogP contribution >= 0.6 is 11.3 Å². The zero-order chi connectivity index (χ0) is 13.4. The maximum absolute atomic E-state index is 9.14. The Morgan fingerprint density at radius 3 is 2.95 bits per heavy atom. The number of aliphatic hydroxyl groups is 1. The van der Waals surface area contributed by atoms with Crippen molar-refractivity contribution in [2.45, 2.75) is 13.5 Å². The highest BCUT2D eigenvalue weighted by atomic mass is 32.1. The number of hydrogen-bond donors (Lipinski definition) is 1. The number of thiazole rings is 1. The summed E-state index contributed by atoms with van der Waals surface area (Å²) in [6.07, 6.45) is 1.88. The van der Waals surface area contributed by atoms with Gasteiger partial charge in [-0.3, -0.25) is 4.40 Å². The molecular weight excluding hydrogens is 260 g/mol. The van der Waals surface area contributed by atoms with E-state index >= 15 is 0 Å². The van der Waals surface area contributed by atoms with E-state index in [2.05, 4.69) is 16.4 Å². The van der Waals surface area contributed by atoms with Crippen LogP contribution in [0.4, 0.5) is 0 Å². The lowest BCUT2D eigenvalue weighted by Crippen LogP contribution is -1.89. The normalized spacial score (nSPS) is 11.1. The van der Waals surface area contributed by atoms with Crippen molar-refractivity contribution >= 4 is 16.3 Å². The van der Waals surface area contributed by atoms with Gasteiger partial charge < -0.3 is 9.84 Å². The van der Waals surface area contributed by atoms with Crippen molar-refractivity contribution < 1.29 is 9.84 Å². The summed E-state index contributed by atoms with van der Waals surface area (Å²) in [5.41, 5.74) is 3.99. The van der Waals surface area contributed by atoms with Gasteiger partial charge in [0.15, 0.2) is 4.96 Å². The molecule has 3 rings (SSSR count). The molecule has 0 aliphatic rings. The van der Waals surface area contributed by atoms with E-state index in [4.69, 9.17) is 9.84 Å². The molecule has 1 N–H and O–H groups in total. The van der Waals surface area contributed by atoms with Crippen LogP contribution in [0.3, 0.4) is 0 Å². The Hall–Kier alpha value is -1.85. The van der Waals surface area contributed by atoms with Crippen molar-refractivity contribution in [1.82, 2.24) is 9.38 Å². The molecule has 98 valence electrons. The summed E-state index contributed by atoms with van der Waals surface area (Å²) in [5, 5.41) is 11.2. The average Bonchev–Trinajstić information content (AvgIpc) is 2.97. The number of nitrogens with zero attached hydrogens (tertiary/aromatic N) is 2. The molecule has 5 heteroatoms. The van der Waals surface area contributed by atoms with Gasteiger partial charge in [0.05, 0.1) is 25.1 Å². The van der Waals surface area contributed by atoms with Crippen LogP contribution in [0.15, 0.2) is 29.8 Å². The van der Waals surface area contributed by atoms with E-state index in [1.165, 1.54) is 0 Å². The molecule has 0 amide bonds. The van der Waals surface area contributed by atoms with E-state index in [1.807, 2.05) is 29.7 Å². The van der Waals surface area contributed by atoms with Crippen molar-refractivity contribution in [3.8, 4) is 17.0 Å². The Balaban J connectivity index is 2.13. The summed E-state index contributed by atoms with van der Waals surface area (Å²) < 4.78 is 7.29. The molecule has 0 atom stereocenters. The van der Waals surface area contributed by atoms with Crippen molar-refractivity contribution in [2.24, 2.45) is 0 Å². The summed E-state index contributed by atoms with van der Waals surface area (Å²) in [6, 6.07) is 6.10. The lowest BCUT2D eigenvalue weighted by Gasteiger charge is -2.06. The standard InChI is InChI=1S/C14H14N2O2S/c1-9-5-10(3-4-13(9)18-2)12-8-19-14-15-11(7-17)6-16(12)14/h3-6,8,17H,7H2,1-2H3. The number of fused-ring (bicyclic) bond motifs is 1. The first-order chi connectivity index (χ1) is 9.22. The summed E-state index contributed by atoms with van der Waals surface area (Å²) in [7, 11) is 1.67. The Morgan fingerprint density at radius 1 is 1.42 bits per heavy atom. The van der Waals surface area contributed by atoms with Gasteiger partial charge in [-0.25, -0.2) is 4.98 Å². The summed E-state index contributed by atoms with van der Waals surface area (Å²) in [5.74, 6) is 0.886. The zero-order valence-electron chi connectivity index (χ0n) is 10.8. The van der Waals surface area contributed by atoms with E-state index in [-0.39, 0.29) is 6.61 Å². The molecular formula is C14H14N2O2S. The van der Waals surface area contributed by atoms with Crippen LogP contribution in [0.25, 0.3) is 16.2 Å². The number of methoxy groups -OCH3 is 1. The fourth-order valence-electron chi connectivity index (χ4n) is 2.15. The van der Waals surface area contributed by atoms with Gasteiger partial charge in [-0.2, -0.15) is 0 Å². The maximum Gasteiger partial charge on any atom is 0.194 e. The molecule has 0 radical (unpaired) electrons. The second-order valence-corrected chi connectivity index (χ2v) is 5.18. The lowest BCUT2D eigenvalue weighted by atomic mass is 10.1. The second-order valence-electron chi connectivity index (χ2n) is 4.35. The Kier molecular flexibility index (Phi) is 3.00. The first-order valence-electron chi connectivity index (χ1n) is 5.94. The van der Waals surface area contributed by atoms with Crippen molar-refractivity contribution in [3.63, 3.8) is 0 Å². The minimum atomic E-state index is -0.0323. The molecule has 2 aromatic heterocycles. The second kappa shape index (κ2) is 4.68. The van der Waals surface area contributed by atoms with Gasteiger partial charge in [-0.15, -0.1) is 11.3 Å². The quantitative estimate of drug-likeness (QED) is 0.799. The van der Waals surface area contributed by atoms with E-state index in [0.29, 0.717) is 5.69 Å². The fraction of sp³-hybridized carbons (Fsp3) is 0.214. The highest BCUT2D eigenvalue weighted by Gasteiger charge is 2.10. The van der Waals surface area contributed by atoms with E-state index in [9.17, 15) is 0 Å². The summed E-state index contributed by atoms with van der Waals surface area (Å²) >= 11 is 1.57. The predicted octanol–water partition coefficient (Wildman–Crippen LogP) is 2.87. The molecule has 19 heavy (non-hydrogen) atoms. The van der Waals surface area contributed by atoms with Gasteiger partial charge >= 0.3 is 0 Å². The predicted molar refractivity (Wildman–Crippen MR) is 75.7 cm³/mol. The molecule has 0 spiro atoms. The minimum absolute atomic E-state index is 0.0323. The molecule has 0 saturated heterocycles. The van der Waals surface area contributed by atoms with Crippen molar-refractivity contribution in [2.75, 3.05) is 7.11 Å². The molecule has 0 aliphatic heterocycles. The maximum atomic E-state index is 9.14. The number of benzene rings is 1. The van der Waals surface area contributed by atoms with Gasteiger partial charge in [-0.1, -0.05) is 0 Å². The molecule has 0 unspecified atom stereocenters. The van der Waals surface area contributed by atoms with Crippen LogP contribution in [-0.4, -0.2) is 21.6 Å². The highest BCUT2D eigenvalue weighted by Crippen LogP contribution is 2.29. The molecule has 0 bridgehead atoms. The molecule has 1 aromatic carbocycles. The SMILES string of the molecule is COc1ccc(-c2csc3nc(CO)cn23)cc1C. The molecule has 4 nitrogen and oxygen atoms in total. The summed E-state index contributed by atoms with van der Waals surface area (Å²) in [4.78, 5) is 5.24. The number of aliphatic hydroxyl groups excluding tert-OH is 1. The highest BCUT2D eigenvalue weighted by molar-refractivity contribution is 7.15. The third-order valence-electron chi connectivity index (χ3n) is 3.11. The van der Waals surface area contributed by atoms with Gasteiger partial charge in [0.2, 0.25) is 0 Å². The minimum Gasteiger partial charge on any atom is -0.496 e. The molecule has 0 fully saturated rings. The number of ether oxygens (including phenoxy) is 1. The zero-order valence-corrected chi connectivity index (χ0v) is 11.6. The van der Waals surface area contributed by atoms with Crippen LogP contribution in [0.1, 0.15) is 11.3 Å². The van der Waals surface area contributed by atoms with Crippen LogP contribution < -0.4 is 4.74 Å².